The van der Waals surface area contributed by atoms with Crippen molar-refractivity contribution >= 4 is 0 Å². The van der Waals surface area contributed by atoms with Crippen LogP contribution in [0.2, 0.25) is 0 Å². The normalized spacial score (nSPS) is 25.2. The van der Waals surface area contributed by atoms with Gasteiger partial charge in [-0.3, -0.25) is 0 Å². The minimum absolute atomic E-state index is 0.328. The molecule has 2 aliphatic heterocycles. The van der Waals surface area contributed by atoms with Crippen LogP contribution in [-0.4, -0.2) is 25.9 Å². The third-order valence-corrected chi connectivity index (χ3v) is 3.81. The molecule has 0 saturated carbocycles. The van der Waals surface area contributed by atoms with Crippen molar-refractivity contribution < 1.29 is 9.47 Å². The van der Waals surface area contributed by atoms with Crippen LogP contribution in [0.15, 0.2) is 24.3 Å². The molecule has 1 atom stereocenters. The Labute approximate surface area is 108 Å². The van der Waals surface area contributed by atoms with Gasteiger partial charge in [-0.2, -0.15) is 0 Å². The Bertz CT molecular complexity index is 365. The molecule has 2 fully saturated rings. The van der Waals surface area contributed by atoms with Gasteiger partial charge in [-0.05, 0) is 37.1 Å². The van der Waals surface area contributed by atoms with Gasteiger partial charge in [0.15, 0.2) is 0 Å². The molecule has 0 aliphatic carbocycles. The van der Waals surface area contributed by atoms with Crippen molar-refractivity contribution in [2.24, 2.45) is 0 Å². The highest BCUT2D eigenvalue weighted by Crippen LogP contribution is 2.25. The maximum Gasteiger partial charge on any atom is 0.119 e. The summed E-state index contributed by atoms with van der Waals surface area (Å²) in [6.45, 7) is 2.80. The fourth-order valence-corrected chi connectivity index (χ4v) is 2.73. The van der Waals surface area contributed by atoms with E-state index >= 15 is 0 Å². The first kappa shape index (κ1) is 12.0. The molecule has 18 heavy (non-hydrogen) atoms. The van der Waals surface area contributed by atoms with Crippen molar-refractivity contribution in [2.45, 2.75) is 37.8 Å². The Balaban J connectivity index is 1.59. The molecule has 1 unspecified atom stereocenters. The number of ether oxygens (including phenoxy) is 2. The van der Waals surface area contributed by atoms with E-state index in [0.717, 1.165) is 38.3 Å². The van der Waals surface area contributed by atoms with E-state index in [1.807, 2.05) is 0 Å². The summed E-state index contributed by atoms with van der Waals surface area (Å²) >= 11 is 0. The van der Waals surface area contributed by atoms with Gasteiger partial charge in [-0.25, -0.2) is 0 Å². The molecule has 3 heteroatoms. The number of benzene rings is 1. The highest BCUT2D eigenvalue weighted by molar-refractivity contribution is 5.29. The van der Waals surface area contributed by atoms with Crippen LogP contribution in [0.25, 0.3) is 0 Å². The van der Waals surface area contributed by atoms with Gasteiger partial charge in [0.1, 0.15) is 11.9 Å². The fourth-order valence-electron chi connectivity index (χ4n) is 2.73. The minimum Gasteiger partial charge on any atom is -0.490 e. The third kappa shape index (κ3) is 2.85. The molecule has 2 aliphatic rings. The van der Waals surface area contributed by atoms with Crippen LogP contribution < -0.4 is 10.1 Å². The van der Waals surface area contributed by atoms with Gasteiger partial charge in [0, 0.05) is 18.9 Å². The summed E-state index contributed by atoms with van der Waals surface area (Å²) in [5, 5.41) is 3.52. The van der Waals surface area contributed by atoms with Crippen LogP contribution in [0.4, 0.5) is 0 Å². The summed E-state index contributed by atoms with van der Waals surface area (Å²) < 4.78 is 11.3. The lowest BCUT2D eigenvalue weighted by Gasteiger charge is -2.23. The molecule has 98 valence electrons. The van der Waals surface area contributed by atoms with E-state index in [-0.39, 0.29) is 0 Å². The lowest BCUT2D eigenvalue weighted by atomic mass is 10.1. The number of nitrogens with one attached hydrogen (secondary N) is 1. The predicted molar refractivity (Wildman–Crippen MR) is 70.9 cm³/mol. The quantitative estimate of drug-likeness (QED) is 0.890. The van der Waals surface area contributed by atoms with Crippen molar-refractivity contribution in [3.8, 4) is 5.75 Å². The summed E-state index contributed by atoms with van der Waals surface area (Å²) in [7, 11) is 0. The van der Waals surface area contributed by atoms with Gasteiger partial charge in [-0.15, -0.1) is 0 Å². The molecular formula is C15H21NO2. The second kappa shape index (κ2) is 5.72. The Hall–Kier alpha value is -1.06. The topological polar surface area (TPSA) is 30.5 Å². The van der Waals surface area contributed by atoms with Gasteiger partial charge in [0.25, 0.3) is 0 Å². The predicted octanol–water partition coefficient (Wildman–Crippen LogP) is 2.67. The molecule has 1 aromatic carbocycles. The van der Waals surface area contributed by atoms with E-state index in [9.17, 15) is 0 Å². The van der Waals surface area contributed by atoms with Crippen LogP contribution in [-0.2, 0) is 4.74 Å². The fraction of sp³-hybridized carbons (Fsp3) is 0.600. The Morgan fingerprint density at radius 2 is 1.83 bits per heavy atom. The first-order valence-electron chi connectivity index (χ1n) is 6.99. The molecule has 3 rings (SSSR count). The lowest BCUT2D eigenvalue weighted by molar-refractivity contribution is 0.0255. The van der Waals surface area contributed by atoms with Crippen molar-refractivity contribution in [2.75, 3.05) is 19.8 Å². The number of rotatable bonds is 3. The van der Waals surface area contributed by atoms with Crippen LogP contribution in [0, 0.1) is 0 Å². The molecule has 1 aromatic rings. The Kier molecular flexibility index (Phi) is 3.81. The monoisotopic (exact) mass is 247 g/mol. The van der Waals surface area contributed by atoms with Gasteiger partial charge >= 0.3 is 0 Å². The van der Waals surface area contributed by atoms with Gasteiger partial charge < -0.3 is 14.8 Å². The molecule has 1 N–H and O–H groups in total. The zero-order chi connectivity index (χ0) is 12.2. The Morgan fingerprint density at radius 3 is 2.50 bits per heavy atom. The van der Waals surface area contributed by atoms with Gasteiger partial charge in [0.2, 0.25) is 0 Å². The zero-order valence-electron chi connectivity index (χ0n) is 10.7. The minimum atomic E-state index is 0.328. The van der Waals surface area contributed by atoms with E-state index in [0.29, 0.717) is 12.1 Å². The highest BCUT2D eigenvalue weighted by atomic mass is 16.5. The first-order chi connectivity index (χ1) is 8.92. The maximum atomic E-state index is 5.97. The number of hydrogen-bond donors (Lipinski definition) is 1. The largest absolute Gasteiger partial charge is 0.490 e. The summed E-state index contributed by atoms with van der Waals surface area (Å²) in [6.07, 6.45) is 4.87. The third-order valence-electron chi connectivity index (χ3n) is 3.81. The van der Waals surface area contributed by atoms with Crippen molar-refractivity contribution in [1.82, 2.24) is 5.32 Å². The summed E-state index contributed by atoms with van der Waals surface area (Å²) in [5.41, 5.74) is 1.38. The maximum absolute atomic E-state index is 5.97. The standard InChI is InChI=1S/C15H21NO2/c1-2-15(16-9-1)12-3-5-13(6-4-12)18-14-7-10-17-11-8-14/h3-6,14-16H,1-2,7-11H2. The molecule has 0 bridgehead atoms. The second-order valence-electron chi connectivity index (χ2n) is 5.15. The Morgan fingerprint density at radius 1 is 1.06 bits per heavy atom. The van der Waals surface area contributed by atoms with Gasteiger partial charge in [0.05, 0.1) is 13.2 Å². The molecule has 3 nitrogen and oxygen atoms in total. The average molecular weight is 247 g/mol. The zero-order valence-corrected chi connectivity index (χ0v) is 10.7. The SMILES string of the molecule is c1cc(C2CCCN2)ccc1OC1CCOCC1. The summed E-state index contributed by atoms with van der Waals surface area (Å²) in [6, 6.07) is 9.13. The molecular weight excluding hydrogens is 226 g/mol. The lowest BCUT2D eigenvalue weighted by Crippen LogP contribution is -2.25. The van der Waals surface area contributed by atoms with Crippen LogP contribution in [0.5, 0.6) is 5.75 Å². The van der Waals surface area contributed by atoms with Crippen molar-refractivity contribution in [1.29, 1.82) is 0 Å². The molecule has 0 amide bonds. The highest BCUT2D eigenvalue weighted by Gasteiger charge is 2.17. The summed E-state index contributed by atoms with van der Waals surface area (Å²) in [4.78, 5) is 0. The van der Waals surface area contributed by atoms with E-state index in [4.69, 9.17) is 9.47 Å². The molecule has 2 heterocycles. The molecule has 0 radical (unpaired) electrons. The van der Waals surface area contributed by atoms with Crippen LogP contribution in [0.1, 0.15) is 37.3 Å². The van der Waals surface area contributed by atoms with Gasteiger partial charge in [-0.1, -0.05) is 12.1 Å². The smallest absolute Gasteiger partial charge is 0.119 e. The molecule has 0 spiro atoms. The van der Waals surface area contributed by atoms with E-state index < -0.39 is 0 Å². The van der Waals surface area contributed by atoms with Crippen LogP contribution >= 0.6 is 0 Å². The number of hydrogen-bond acceptors (Lipinski definition) is 3. The first-order valence-corrected chi connectivity index (χ1v) is 6.99. The van der Waals surface area contributed by atoms with E-state index in [2.05, 4.69) is 29.6 Å². The molecule has 2 saturated heterocycles. The van der Waals surface area contributed by atoms with Crippen molar-refractivity contribution in [3.05, 3.63) is 29.8 Å². The average Bonchev–Trinajstić information content (AvgIpc) is 2.95. The van der Waals surface area contributed by atoms with Crippen LogP contribution in [0.3, 0.4) is 0 Å². The molecule has 0 aromatic heterocycles. The van der Waals surface area contributed by atoms with E-state index in [1.54, 1.807) is 0 Å². The van der Waals surface area contributed by atoms with E-state index in [1.165, 1.54) is 18.4 Å². The summed E-state index contributed by atoms with van der Waals surface area (Å²) in [5.74, 6) is 0.989. The second-order valence-corrected chi connectivity index (χ2v) is 5.15. The van der Waals surface area contributed by atoms with Crippen molar-refractivity contribution in [3.63, 3.8) is 0 Å².